The Labute approximate surface area is 157 Å². The van der Waals surface area contributed by atoms with E-state index in [4.69, 9.17) is 4.98 Å². The SMILES string of the molecule is CN(CC1CN(Cc2ccccc2)CCN1)[C@H]1CCCc2cccnc21. The summed E-state index contributed by atoms with van der Waals surface area (Å²) in [4.78, 5) is 9.82. The first kappa shape index (κ1) is 17.7. The average molecular weight is 351 g/mol. The van der Waals surface area contributed by atoms with Gasteiger partial charge < -0.3 is 5.32 Å². The van der Waals surface area contributed by atoms with Crippen molar-refractivity contribution >= 4 is 0 Å². The van der Waals surface area contributed by atoms with Crippen molar-refractivity contribution in [2.45, 2.75) is 37.9 Å². The van der Waals surface area contributed by atoms with Crippen LogP contribution in [0.3, 0.4) is 0 Å². The van der Waals surface area contributed by atoms with Crippen LogP contribution < -0.4 is 5.32 Å². The van der Waals surface area contributed by atoms with Gasteiger partial charge in [-0.15, -0.1) is 0 Å². The molecule has 2 aliphatic rings. The van der Waals surface area contributed by atoms with E-state index < -0.39 is 0 Å². The molecule has 4 nitrogen and oxygen atoms in total. The second kappa shape index (κ2) is 8.30. The molecule has 1 saturated heterocycles. The summed E-state index contributed by atoms with van der Waals surface area (Å²) in [5.74, 6) is 0. The fourth-order valence-electron chi connectivity index (χ4n) is 4.49. The van der Waals surface area contributed by atoms with Crippen LogP contribution in [-0.2, 0) is 13.0 Å². The largest absolute Gasteiger partial charge is 0.310 e. The maximum absolute atomic E-state index is 4.71. The molecule has 1 aromatic heterocycles. The second-order valence-electron chi connectivity index (χ2n) is 7.77. The number of nitrogens with one attached hydrogen (secondary N) is 1. The Hall–Kier alpha value is -1.75. The summed E-state index contributed by atoms with van der Waals surface area (Å²) in [7, 11) is 2.27. The summed E-state index contributed by atoms with van der Waals surface area (Å²) in [6.45, 7) is 5.44. The van der Waals surface area contributed by atoms with Gasteiger partial charge in [-0.1, -0.05) is 36.4 Å². The van der Waals surface area contributed by atoms with Crippen LogP contribution in [-0.4, -0.2) is 54.1 Å². The van der Waals surface area contributed by atoms with Gasteiger partial charge in [-0.3, -0.25) is 14.8 Å². The first-order chi connectivity index (χ1) is 12.8. The van der Waals surface area contributed by atoms with Gasteiger partial charge in [0.05, 0.1) is 11.7 Å². The van der Waals surface area contributed by atoms with Gasteiger partial charge in [0.25, 0.3) is 0 Å². The predicted octanol–water partition coefficient (Wildman–Crippen LogP) is 2.86. The number of hydrogen-bond acceptors (Lipinski definition) is 4. The van der Waals surface area contributed by atoms with Gasteiger partial charge in [0.1, 0.15) is 0 Å². The fourth-order valence-corrected chi connectivity index (χ4v) is 4.49. The van der Waals surface area contributed by atoms with E-state index in [1.807, 2.05) is 6.20 Å². The number of pyridine rings is 1. The molecular weight excluding hydrogens is 320 g/mol. The number of rotatable bonds is 5. The van der Waals surface area contributed by atoms with Gasteiger partial charge in [-0.05, 0) is 43.5 Å². The molecule has 1 N–H and O–H groups in total. The Morgan fingerprint density at radius 1 is 1.19 bits per heavy atom. The molecular formula is C22H30N4. The van der Waals surface area contributed by atoms with Gasteiger partial charge in [-0.2, -0.15) is 0 Å². The topological polar surface area (TPSA) is 31.4 Å². The van der Waals surface area contributed by atoms with Crippen LogP contribution in [0.1, 0.15) is 35.7 Å². The Balaban J connectivity index is 1.36. The number of nitrogens with zero attached hydrogens (tertiary/aromatic N) is 3. The molecule has 2 atom stereocenters. The molecule has 1 fully saturated rings. The molecule has 1 aromatic carbocycles. The van der Waals surface area contributed by atoms with Crippen LogP contribution in [0, 0.1) is 0 Å². The van der Waals surface area contributed by atoms with Crippen molar-refractivity contribution in [3.8, 4) is 0 Å². The van der Waals surface area contributed by atoms with Crippen molar-refractivity contribution in [2.24, 2.45) is 0 Å². The van der Waals surface area contributed by atoms with Crippen LogP contribution in [0.4, 0.5) is 0 Å². The van der Waals surface area contributed by atoms with Gasteiger partial charge in [0.15, 0.2) is 0 Å². The second-order valence-corrected chi connectivity index (χ2v) is 7.77. The molecule has 138 valence electrons. The molecule has 0 saturated carbocycles. The van der Waals surface area contributed by atoms with Crippen molar-refractivity contribution in [3.05, 3.63) is 65.5 Å². The lowest BCUT2D eigenvalue weighted by Crippen LogP contribution is -2.54. The zero-order valence-corrected chi connectivity index (χ0v) is 15.8. The first-order valence-electron chi connectivity index (χ1n) is 9.93. The van der Waals surface area contributed by atoms with E-state index in [1.165, 1.54) is 36.1 Å². The van der Waals surface area contributed by atoms with E-state index in [0.29, 0.717) is 12.1 Å². The molecule has 4 heteroatoms. The molecule has 0 spiro atoms. The molecule has 0 radical (unpaired) electrons. The smallest absolute Gasteiger partial charge is 0.0607 e. The Bertz CT molecular complexity index is 702. The summed E-state index contributed by atoms with van der Waals surface area (Å²) in [6.07, 6.45) is 5.62. The minimum absolute atomic E-state index is 0.464. The number of aromatic nitrogens is 1. The van der Waals surface area contributed by atoms with E-state index in [-0.39, 0.29) is 0 Å². The number of likely N-dealkylation sites (N-methyl/N-ethyl adjacent to an activating group) is 1. The van der Waals surface area contributed by atoms with E-state index in [0.717, 1.165) is 32.7 Å². The number of aryl methyl sites for hydroxylation is 1. The van der Waals surface area contributed by atoms with Crippen molar-refractivity contribution in [1.29, 1.82) is 0 Å². The highest BCUT2D eigenvalue weighted by atomic mass is 15.2. The van der Waals surface area contributed by atoms with Gasteiger partial charge in [0, 0.05) is 45.0 Å². The summed E-state index contributed by atoms with van der Waals surface area (Å²) in [5, 5.41) is 3.73. The lowest BCUT2D eigenvalue weighted by atomic mass is 9.91. The number of piperazine rings is 1. The van der Waals surface area contributed by atoms with Gasteiger partial charge in [0.2, 0.25) is 0 Å². The van der Waals surface area contributed by atoms with E-state index in [2.05, 4.69) is 64.6 Å². The lowest BCUT2D eigenvalue weighted by molar-refractivity contribution is 0.138. The summed E-state index contributed by atoms with van der Waals surface area (Å²) < 4.78 is 0. The van der Waals surface area contributed by atoms with Crippen LogP contribution >= 0.6 is 0 Å². The zero-order chi connectivity index (χ0) is 17.8. The van der Waals surface area contributed by atoms with Crippen LogP contribution in [0.25, 0.3) is 0 Å². The van der Waals surface area contributed by atoms with Crippen molar-refractivity contribution in [3.63, 3.8) is 0 Å². The maximum atomic E-state index is 4.71. The summed E-state index contributed by atoms with van der Waals surface area (Å²) in [6, 6.07) is 16.1. The number of benzene rings is 1. The van der Waals surface area contributed by atoms with Crippen molar-refractivity contribution in [2.75, 3.05) is 33.2 Å². The quantitative estimate of drug-likeness (QED) is 0.898. The third-order valence-corrected chi connectivity index (χ3v) is 5.79. The highest BCUT2D eigenvalue weighted by molar-refractivity contribution is 5.25. The third kappa shape index (κ3) is 4.14. The Kier molecular flexibility index (Phi) is 5.63. The minimum Gasteiger partial charge on any atom is -0.310 e. The highest BCUT2D eigenvalue weighted by Gasteiger charge is 2.28. The molecule has 2 aromatic rings. The summed E-state index contributed by atoms with van der Waals surface area (Å²) in [5.41, 5.74) is 4.16. The zero-order valence-electron chi connectivity index (χ0n) is 15.8. The van der Waals surface area contributed by atoms with Gasteiger partial charge in [-0.25, -0.2) is 0 Å². The Morgan fingerprint density at radius 2 is 2.08 bits per heavy atom. The monoisotopic (exact) mass is 350 g/mol. The molecule has 26 heavy (non-hydrogen) atoms. The standard InChI is InChI=1S/C22H30N4/c1-25(21-11-5-9-19-10-6-12-24-22(19)21)16-20-17-26(14-13-23-20)15-18-7-3-2-4-8-18/h2-4,6-8,10,12,20-21,23H,5,9,11,13-17H2,1H3/t20?,21-/m0/s1. The average Bonchev–Trinajstić information content (AvgIpc) is 2.68. The van der Waals surface area contributed by atoms with E-state index in [9.17, 15) is 0 Å². The molecule has 1 aliphatic carbocycles. The molecule has 0 amide bonds. The van der Waals surface area contributed by atoms with E-state index in [1.54, 1.807) is 0 Å². The molecule has 4 rings (SSSR count). The lowest BCUT2D eigenvalue weighted by Gasteiger charge is -2.38. The number of hydrogen-bond donors (Lipinski definition) is 1. The normalized spacial score (nSPS) is 23.8. The third-order valence-electron chi connectivity index (χ3n) is 5.79. The van der Waals surface area contributed by atoms with Crippen molar-refractivity contribution in [1.82, 2.24) is 20.1 Å². The maximum Gasteiger partial charge on any atom is 0.0607 e. The van der Waals surface area contributed by atoms with Crippen molar-refractivity contribution < 1.29 is 0 Å². The minimum atomic E-state index is 0.464. The fraction of sp³-hybridized carbons (Fsp3) is 0.500. The number of fused-ring (bicyclic) bond motifs is 1. The Morgan fingerprint density at radius 3 is 2.96 bits per heavy atom. The summed E-state index contributed by atoms with van der Waals surface area (Å²) >= 11 is 0. The first-order valence-corrected chi connectivity index (χ1v) is 9.93. The molecule has 1 aliphatic heterocycles. The van der Waals surface area contributed by atoms with Gasteiger partial charge >= 0.3 is 0 Å². The predicted molar refractivity (Wildman–Crippen MR) is 106 cm³/mol. The van der Waals surface area contributed by atoms with Crippen LogP contribution in [0.15, 0.2) is 48.7 Å². The molecule has 1 unspecified atom stereocenters. The van der Waals surface area contributed by atoms with Crippen LogP contribution in [0.2, 0.25) is 0 Å². The molecule has 2 heterocycles. The van der Waals surface area contributed by atoms with E-state index >= 15 is 0 Å². The highest BCUT2D eigenvalue weighted by Crippen LogP contribution is 2.31. The molecule has 0 bridgehead atoms. The van der Waals surface area contributed by atoms with Crippen LogP contribution in [0.5, 0.6) is 0 Å².